The molecule has 226 valence electrons. The highest BCUT2D eigenvalue weighted by molar-refractivity contribution is 5.94. The largest absolute Gasteiger partial charge is 0.317 e. The minimum atomic E-state index is -0.104. The first-order valence-electron chi connectivity index (χ1n) is 16.1. The number of hydrogen-bond acceptors (Lipinski definition) is 2. The average molecular weight is 605 g/mol. The zero-order chi connectivity index (χ0) is 32.1. The van der Waals surface area contributed by atoms with Gasteiger partial charge in [0.25, 0.3) is 0 Å². The molecule has 0 atom stereocenters. The van der Waals surface area contributed by atoms with Gasteiger partial charge in [0.1, 0.15) is 0 Å². The van der Waals surface area contributed by atoms with Gasteiger partial charge in [0.2, 0.25) is 0 Å². The topological polar surface area (TPSA) is 6.48 Å². The Bertz CT molecular complexity index is 2190. The maximum atomic E-state index is 4.69. The summed E-state index contributed by atoms with van der Waals surface area (Å²) >= 11 is 0. The van der Waals surface area contributed by atoms with Gasteiger partial charge in [-0.2, -0.15) is 0 Å². The molecule has 8 rings (SSSR count). The molecule has 0 unspecified atom stereocenters. The van der Waals surface area contributed by atoms with E-state index in [4.69, 9.17) is 0 Å². The fourth-order valence-electron chi connectivity index (χ4n) is 7.23. The number of allylic oxidation sites excluding steroid dienone is 8. The molecule has 2 aliphatic heterocycles. The summed E-state index contributed by atoms with van der Waals surface area (Å²) in [4.78, 5) is 4.55. The molecular formula is C45H36N2. The Balaban J connectivity index is 1.30. The number of benzene rings is 5. The van der Waals surface area contributed by atoms with Gasteiger partial charge in [-0.15, -0.1) is 0 Å². The van der Waals surface area contributed by atoms with E-state index in [-0.39, 0.29) is 5.41 Å². The van der Waals surface area contributed by atoms with Gasteiger partial charge >= 0.3 is 0 Å². The van der Waals surface area contributed by atoms with E-state index in [0.29, 0.717) is 0 Å². The lowest BCUT2D eigenvalue weighted by Gasteiger charge is -2.29. The van der Waals surface area contributed by atoms with Gasteiger partial charge in [0.15, 0.2) is 0 Å². The molecule has 0 radical (unpaired) electrons. The number of anilines is 4. The second-order valence-corrected chi connectivity index (χ2v) is 12.9. The summed E-state index contributed by atoms with van der Waals surface area (Å²) in [5.41, 5.74) is 15.9. The van der Waals surface area contributed by atoms with Crippen LogP contribution in [-0.4, -0.2) is 0 Å². The van der Waals surface area contributed by atoms with Gasteiger partial charge in [-0.25, -0.2) is 0 Å². The first-order valence-corrected chi connectivity index (χ1v) is 16.1. The maximum absolute atomic E-state index is 4.69. The minimum Gasteiger partial charge on any atom is -0.317 e. The van der Waals surface area contributed by atoms with Crippen LogP contribution in [0.1, 0.15) is 36.1 Å². The standard InChI is InChI=1S/C45H36N2/c1-31-27-33(23-25-46(35-15-7-5-8-16-35)43-22-14-12-19-37(31)43)34-24-26-47(36-17-9-6-10-18-36)44-30-42-40(29-39(44)32(2)28-34)38-20-11-13-21-41(38)45(42,3)4/h5-30H,1-2H2,3-4H3/b25-23-,26-24-,33-27+,34-28+. The molecule has 0 N–H and O–H groups in total. The zero-order valence-corrected chi connectivity index (χ0v) is 26.8. The Morgan fingerprint density at radius 3 is 1.62 bits per heavy atom. The summed E-state index contributed by atoms with van der Waals surface area (Å²) < 4.78 is 0. The fraction of sp³-hybridized carbons (Fsp3) is 0.0667. The molecule has 0 fully saturated rings. The van der Waals surface area contributed by atoms with Crippen molar-refractivity contribution in [2.24, 2.45) is 0 Å². The summed E-state index contributed by atoms with van der Waals surface area (Å²) in [6, 6.07) is 43.1. The third-order valence-electron chi connectivity index (χ3n) is 9.68. The SMILES string of the molecule is C=C1/C=C(C2=C/C(=C)c3cc4c(cc3N(c3ccccc3)/C=C\2)C(C)(C)c2ccccc2-4)\C=C/N(c2ccccc2)c2ccccc21. The third-order valence-corrected chi connectivity index (χ3v) is 9.68. The van der Waals surface area contributed by atoms with Crippen LogP contribution in [0.3, 0.4) is 0 Å². The van der Waals surface area contributed by atoms with Crippen LogP contribution >= 0.6 is 0 Å². The second-order valence-electron chi connectivity index (χ2n) is 12.9. The van der Waals surface area contributed by atoms with Gasteiger partial charge in [0.05, 0.1) is 11.4 Å². The molecule has 0 aromatic heterocycles. The molecule has 0 saturated carbocycles. The van der Waals surface area contributed by atoms with Crippen molar-refractivity contribution in [3.63, 3.8) is 0 Å². The first-order chi connectivity index (χ1) is 22.9. The van der Waals surface area contributed by atoms with Crippen LogP contribution in [0.2, 0.25) is 0 Å². The molecule has 0 bridgehead atoms. The molecule has 5 aromatic carbocycles. The van der Waals surface area contributed by atoms with Crippen LogP contribution < -0.4 is 9.80 Å². The number of fused-ring (bicyclic) bond motifs is 5. The number of rotatable bonds is 3. The fourth-order valence-corrected chi connectivity index (χ4v) is 7.23. The molecule has 2 heteroatoms. The lowest BCUT2D eigenvalue weighted by Crippen LogP contribution is -2.17. The summed E-state index contributed by atoms with van der Waals surface area (Å²) in [7, 11) is 0. The molecular weight excluding hydrogens is 569 g/mol. The van der Waals surface area contributed by atoms with Crippen molar-refractivity contribution < 1.29 is 0 Å². The van der Waals surface area contributed by atoms with Crippen molar-refractivity contribution in [1.82, 2.24) is 0 Å². The number of hydrogen-bond donors (Lipinski definition) is 0. The van der Waals surface area contributed by atoms with Gasteiger partial charge in [-0.1, -0.05) is 106 Å². The van der Waals surface area contributed by atoms with Crippen LogP contribution in [0, 0.1) is 0 Å². The minimum absolute atomic E-state index is 0.104. The van der Waals surface area contributed by atoms with E-state index in [1.807, 2.05) is 0 Å². The van der Waals surface area contributed by atoms with Crippen LogP contribution in [0.25, 0.3) is 22.3 Å². The van der Waals surface area contributed by atoms with Crippen molar-refractivity contribution in [2.75, 3.05) is 9.80 Å². The van der Waals surface area contributed by atoms with Crippen LogP contribution in [-0.2, 0) is 5.41 Å². The van der Waals surface area contributed by atoms with E-state index in [9.17, 15) is 0 Å². The van der Waals surface area contributed by atoms with E-state index in [0.717, 1.165) is 56.2 Å². The first kappa shape index (κ1) is 28.6. The maximum Gasteiger partial charge on any atom is 0.0537 e. The Kier molecular flexibility index (Phi) is 6.81. The number of para-hydroxylation sites is 3. The van der Waals surface area contributed by atoms with E-state index < -0.39 is 0 Å². The van der Waals surface area contributed by atoms with Gasteiger partial charge in [-0.05, 0) is 111 Å². The van der Waals surface area contributed by atoms with Gasteiger partial charge in [-0.3, -0.25) is 0 Å². The van der Waals surface area contributed by atoms with E-state index in [2.05, 4.69) is 195 Å². The van der Waals surface area contributed by atoms with Crippen molar-refractivity contribution in [3.05, 3.63) is 205 Å². The van der Waals surface area contributed by atoms with Crippen LogP contribution in [0.5, 0.6) is 0 Å². The van der Waals surface area contributed by atoms with Crippen LogP contribution in [0.15, 0.2) is 182 Å². The lowest BCUT2D eigenvalue weighted by molar-refractivity contribution is 0.660. The summed E-state index contributed by atoms with van der Waals surface area (Å²) in [6.45, 7) is 13.9. The molecule has 0 saturated heterocycles. The van der Waals surface area contributed by atoms with Crippen molar-refractivity contribution in [1.29, 1.82) is 0 Å². The normalized spacial score (nSPS) is 19.7. The quantitative estimate of drug-likeness (QED) is 0.202. The third kappa shape index (κ3) is 4.81. The molecule has 2 heterocycles. The predicted octanol–water partition coefficient (Wildman–Crippen LogP) is 11.9. The Morgan fingerprint density at radius 1 is 0.468 bits per heavy atom. The molecule has 47 heavy (non-hydrogen) atoms. The highest BCUT2D eigenvalue weighted by atomic mass is 15.1. The van der Waals surface area contributed by atoms with Crippen molar-refractivity contribution >= 4 is 33.9 Å². The smallest absolute Gasteiger partial charge is 0.0537 e. The van der Waals surface area contributed by atoms with Gasteiger partial charge in [0, 0.05) is 40.3 Å². The average Bonchev–Trinajstić information content (AvgIpc) is 3.32. The Hall–Kier alpha value is -5.86. The zero-order valence-electron chi connectivity index (χ0n) is 26.8. The van der Waals surface area contributed by atoms with Gasteiger partial charge < -0.3 is 9.80 Å². The second kappa shape index (κ2) is 11.2. The molecule has 1 aliphatic carbocycles. The van der Waals surface area contributed by atoms with Crippen molar-refractivity contribution in [3.8, 4) is 11.1 Å². The molecule has 5 aromatic rings. The Morgan fingerprint density at radius 2 is 0.979 bits per heavy atom. The molecule has 2 nitrogen and oxygen atoms in total. The highest BCUT2D eigenvalue weighted by Crippen LogP contribution is 2.52. The van der Waals surface area contributed by atoms with E-state index >= 15 is 0 Å². The number of nitrogens with zero attached hydrogens (tertiary/aromatic N) is 2. The van der Waals surface area contributed by atoms with E-state index in [1.54, 1.807) is 0 Å². The van der Waals surface area contributed by atoms with E-state index in [1.165, 1.54) is 22.3 Å². The lowest BCUT2D eigenvalue weighted by atomic mass is 9.81. The van der Waals surface area contributed by atoms with Crippen LogP contribution in [0.4, 0.5) is 22.7 Å². The summed E-state index contributed by atoms with van der Waals surface area (Å²) in [5.74, 6) is 0. The summed E-state index contributed by atoms with van der Waals surface area (Å²) in [5, 5.41) is 0. The monoisotopic (exact) mass is 604 g/mol. The molecule has 0 spiro atoms. The Labute approximate surface area is 277 Å². The molecule has 0 amide bonds. The van der Waals surface area contributed by atoms with Crippen molar-refractivity contribution in [2.45, 2.75) is 19.3 Å². The summed E-state index contributed by atoms with van der Waals surface area (Å²) in [6.07, 6.45) is 13.2. The predicted molar refractivity (Wildman–Crippen MR) is 200 cm³/mol. The highest BCUT2D eigenvalue weighted by Gasteiger charge is 2.36. The molecule has 3 aliphatic rings.